The molecule has 1 saturated carbocycles. The molecule has 0 heterocycles. The molecule has 0 aromatic heterocycles. The predicted octanol–water partition coefficient (Wildman–Crippen LogP) is 3.31. The third-order valence-electron chi connectivity index (χ3n) is 4.05. The van der Waals surface area contributed by atoms with Crippen molar-refractivity contribution in [3.05, 3.63) is 35.6 Å². The topological polar surface area (TPSA) is 43.1 Å². The van der Waals surface area contributed by atoms with Crippen LogP contribution in [0.2, 0.25) is 0 Å². The summed E-state index contributed by atoms with van der Waals surface area (Å²) in [6.45, 7) is 0.569. The van der Waals surface area contributed by atoms with Crippen molar-refractivity contribution >= 4 is 5.78 Å². The second-order valence-electron chi connectivity index (χ2n) is 5.37. The van der Waals surface area contributed by atoms with Gasteiger partial charge in [-0.3, -0.25) is 4.79 Å². The van der Waals surface area contributed by atoms with Crippen molar-refractivity contribution in [2.24, 2.45) is 11.1 Å². The first-order chi connectivity index (χ1) is 8.65. The standard InChI is InChI=1S/C15H20FNO/c16-13-6-4-12(5-7-13)14(18)10-15(11-17)8-2-1-3-9-15/h4-7H,1-3,8-11,17H2. The minimum absolute atomic E-state index is 0.0241. The number of nitrogens with two attached hydrogens (primary N) is 1. The van der Waals surface area contributed by atoms with E-state index in [0.29, 0.717) is 18.5 Å². The zero-order valence-electron chi connectivity index (χ0n) is 10.6. The van der Waals surface area contributed by atoms with Crippen LogP contribution in [0.4, 0.5) is 4.39 Å². The van der Waals surface area contributed by atoms with Crippen molar-refractivity contribution in [3.63, 3.8) is 0 Å². The lowest BCUT2D eigenvalue weighted by atomic mass is 9.70. The highest BCUT2D eigenvalue weighted by Crippen LogP contribution is 2.39. The summed E-state index contributed by atoms with van der Waals surface area (Å²) in [7, 11) is 0. The number of Topliss-reactive ketones (excluding diaryl/α,β-unsaturated/α-hetero) is 1. The Bertz CT molecular complexity index is 407. The SMILES string of the molecule is NCC1(CC(=O)c2ccc(F)cc2)CCCCC1. The molecule has 0 aliphatic heterocycles. The molecule has 0 spiro atoms. The van der Waals surface area contributed by atoms with Crippen LogP contribution in [0.3, 0.4) is 0 Å². The first-order valence-electron chi connectivity index (χ1n) is 6.64. The smallest absolute Gasteiger partial charge is 0.163 e. The molecule has 1 aromatic carbocycles. The molecule has 0 atom stereocenters. The Morgan fingerprint density at radius 3 is 2.33 bits per heavy atom. The fourth-order valence-electron chi connectivity index (χ4n) is 2.83. The van der Waals surface area contributed by atoms with Crippen molar-refractivity contribution in [1.82, 2.24) is 0 Å². The van der Waals surface area contributed by atoms with E-state index in [0.717, 1.165) is 25.7 Å². The number of halogens is 1. The minimum atomic E-state index is -0.308. The van der Waals surface area contributed by atoms with Crippen LogP contribution < -0.4 is 5.73 Å². The maximum atomic E-state index is 12.8. The number of carbonyl (C=O) groups is 1. The minimum Gasteiger partial charge on any atom is -0.330 e. The molecular weight excluding hydrogens is 229 g/mol. The summed E-state index contributed by atoms with van der Waals surface area (Å²) in [5, 5.41) is 0. The number of benzene rings is 1. The zero-order valence-corrected chi connectivity index (χ0v) is 10.6. The maximum Gasteiger partial charge on any atom is 0.163 e. The van der Waals surface area contributed by atoms with E-state index < -0.39 is 0 Å². The van der Waals surface area contributed by atoms with E-state index in [-0.39, 0.29) is 17.0 Å². The zero-order chi connectivity index (χ0) is 13.0. The van der Waals surface area contributed by atoms with Crippen LogP contribution in [-0.2, 0) is 0 Å². The van der Waals surface area contributed by atoms with Gasteiger partial charge < -0.3 is 5.73 Å². The molecule has 2 nitrogen and oxygen atoms in total. The number of hydrogen-bond acceptors (Lipinski definition) is 2. The van der Waals surface area contributed by atoms with E-state index in [1.807, 2.05) is 0 Å². The summed E-state index contributed by atoms with van der Waals surface area (Å²) in [5.41, 5.74) is 6.44. The molecule has 18 heavy (non-hydrogen) atoms. The van der Waals surface area contributed by atoms with E-state index in [1.165, 1.54) is 18.6 Å². The fraction of sp³-hybridized carbons (Fsp3) is 0.533. The molecule has 2 rings (SSSR count). The molecular formula is C15H20FNO. The van der Waals surface area contributed by atoms with Gasteiger partial charge in [-0.15, -0.1) is 0 Å². The van der Waals surface area contributed by atoms with Crippen LogP contribution in [-0.4, -0.2) is 12.3 Å². The van der Waals surface area contributed by atoms with Gasteiger partial charge in [0.05, 0.1) is 0 Å². The normalized spacial score (nSPS) is 18.6. The van der Waals surface area contributed by atoms with E-state index in [9.17, 15) is 9.18 Å². The average Bonchev–Trinajstić information content (AvgIpc) is 2.40. The van der Waals surface area contributed by atoms with Crippen LogP contribution in [0, 0.1) is 11.2 Å². The van der Waals surface area contributed by atoms with Gasteiger partial charge in [-0.25, -0.2) is 4.39 Å². The monoisotopic (exact) mass is 249 g/mol. The molecule has 0 unspecified atom stereocenters. The quantitative estimate of drug-likeness (QED) is 0.832. The summed E-state index contributed by atoms with van der Waals surface area (Å²) in [5.74, 6) is -0.222. The Labute approximate surface area is 107 Å². The second kappa shape index (κ2) is 5.61. The summed E-state index contributed by atoms with van der Waals surface area (Å²) in [6, 6.07) is 5.79. The molecule has 0 radical (unpaired) electrons. The van der Waals surface area contributed by atoms with Crippen LogP contribution >= 0.6 is 0 Å². The summed E-state index contributed by atoms with van der Waals surface area (Å²) in [6.07, 6.45) is 6.14. The van der Waals surface area contributed by atoms with Gasteiger partial charge in [0.2, 0.25) is 0 Å². The van der Waals surface area contributed by atoms with Gasteiger partial charge in [0.1, 0.15) is 5.82 Å². The molecule has 1 aliphatic rings. The Morgan fingerprint density at radius 1 is 1.17 bits per heavy atom. The van der Waals surface area contributed by atoms with Crippen molar-refractivity contribution in [2.45, 2.75) is 38.5 Å². The van der Waals surface area contributed by atoms with Gasteiger partial charge in [-0.1, -0.05) is 19.3 Å². The molecule has 2 N–H and O–H groups in total. The average molecular weight is 249 g/mol. The van der Waals surface area contributed by atoms with Gasteiger partial charge in [0.15, 0.2) is 5.78 Å². The molecule has 0 bridgehead atoms. The van der Waals surface area contributed by atoms with Gasteiger partial charge in [0, 0.05) is 12.0 Å². The number of rotatable bonds is 4. The van der Waals surface area contributed by atoms with E-state index in [2.05, 4.69) is 0 Å². The van der Waals surface area contributed by atoms with Crippen LogP contribution in [0.1, 0.15) is 48.9 Å². The van der Waals surface area contributed by atoms with E-state index >= 15 is 0 Å². The molecule has 98 valence electrons. The largest absolute Gasteiger partial charge is 0.330 e. The van der Waals surface area contributed by atoms with Crippen LogP contribution in [0.15, 0.2) is 24.3 Å². The van der Waals surface area contributed by atoms with Crippen molar-refractivity contribution in [3.8, 4) is 0 Å². The lowest BCUT2D eigenvalue weighted by molar-refractivity contribution is 0.0868. The molecule has 0 amide bonds. The maximum absolute atomic E-state index is 12.8. The first-order valence-corrected chi connectivity index (χ1v) is 6.64. The Kier molecular flexibility index (Phi) is 4.12. The number of carbonyl (C=O) groups excluding carboxylic acids is 1. The van der Waals surface area contributed by atoms with Crippen LogP contribution in [0.25, 0.3) is 0 Å². The van der Waals surface area contributed by atoms with Gasteiger partial charge in [-0.05, 0) is 49.1 Å². The second-order valence-corrected chi connectivity index (χ2v) is 5.37. The van der Waals surface area contributed by atoms with Crippen molar-refractivity contribution < 1.29 is 9.18 Å². The highest BCUT2D eigenvalue weighted by Gasteiger charge is 2.33. The van der Waals surface area contributed by atoms with Gasteiger partial charge >= 0.3 is 0 Å². The van der Waals surface area contributed by atoms with Crippen LogP contribution in [0.5, 0.6) is 0 Å². The molecule has 3 heteroatoms. The summed E-state index contributed by atoms with van der Waals surface area (Å²) < 4.78 is 12.8. The van der Waals surface area contributed by atoms with Gasteiger partial charge in [-0.2, -0.15) is 0 Å². The first kappa shape index (κ1) is 13.2. The summed E-state index contributed by atoms with van der Waals surface area (Å²) >= 11 is 0. The third kappa shape index (κ3) is 2.96. The molecule has 1 fully saturated rings. The molecule has 0 saturated heterocycles. The highest BCUT2D eigenvalue weighted by atomic mass is 19.1. The Balaban J connectivity index is 2.07. The number of ketones is 1. The van der Waals surface area contributed by atoms with E-state index in [4.69, 9.17) is 5.73 Å². The number of hydrogen-bond donors (Lipinski definition) is 1. The molecule has 1 aliphatic carbocycles. The Hall–Kier alpha value is -1.22. The third-order valence-corrected chi connectivity index (χ3v) is 4.05. The van der Waals surface area contributed by atoms with Crippen molar-refractivity contribution in [2.75, 3.05) is 6.54 Å². The van der Waals surface area contributed by atoms with Crippen molar-refractivity contribution in [1.29, 1.82) is 0 Å². The molecule has 1 aromatic rings. The Morgan fingerprint density at radius 2 is 1.78 bits per heavy atom. The summed E-state index contributed by atoms with van der Waals surface area (Å²) in [4.78, 5) is 12.2. The predicted molar refractivity (Wildman–Crippen MR) is 69.9 cm³/mol. The highest BCUT2D eigenvalue weighted by molar-refractivity contribution is 5.96. The fourth-order valence-corrected chi connectivity index (χ4v) is 2.83. The lowest BCUT2D eigenvalue weighted by Crippen LogP contribution is -2.35. The van der Waals surface area contributed by atoms with E-state index in [1.54, 1.807) is 12.1 Å². The van der Waals surface area contributed by atoms with Gasteiger partial charge in [0.25, 0.3) is 0 Å². The lowest BCUT2D eigenvalue weighted by Gasteiger charge is -2.35.